The number of rotatable bonds is 8. The zero-order valence-corrected chi connectivity index (χ0v) is 14.5. The Morgan fingerprint density at radius 2 is 2.08 bits per heavy atom. The number of aromatic nitrogens is 5. The highest BCUT2D eigenvalue weighted by atomic mass is 35.5. The second-order valence-corrected chi connectivity index (χ2v) is 5.77. The molecule has 0 fully saturated rings. The second kappa shape index (κ2) is 8.56. The largest absolute Gasteiger partial charge is 0.394 e. The van der Waals surface area contributed by atoms with Crippen molar-refractivity contribution >= 4 is 29.1 Å². The number of hydrogen-bond acceptors (Lipinski definition) is 8. The first-order valence-corrected chi connectivity index (χ1v) is 8.28. The summed E-state index contributed by atoms with van der Waals surface area (Å²) in [6, 6.07) is 4.99. The number of nitrogens with zero attached hydrogens (tertiary/aromatic N) is 5. The van der Waals surface area contributed by atoms with Gasteiger partial charge in [0.05, 0.1) is 49.6 Å². The van der Waals surface area contributed by atoms with Crippen LogP contribution in [0.2, 0.25) is 5.02 Å². The minimum absolute atomic E-state index is 0.00268. The minimum atomic E-state index is -0.455. The molecule has 0 aliphatic carbocycles. The van der Waals surface area contributed by atoms with Gasteiger partial charge < -0.3 is 20.8 Å². The zero-order chi connectivity index (χ0) is 18.4. The van der Waals surface area contributed by atoms with Gasteiger partial charge in [-0.3, -0.25) is 9.67 Å². The molecular weight excluding hydrogens is 358 g/mol. The van der Waals surface area contributed by atoms with E-state index in [-0.39, 0.29) is 13.2 Å². The van der Waals surface area contributed by atoms with Gasteiger partial charge in [0, 0.05) is 12.4 Å². The maximum Gasteiger partial charge on any atom is 0.229 e. The molecule has 1 unspecified atom stereocenters. The lowest BCUT2D eigenvalue weighted by Gasteiger charge is -2.17. The number of anilines is 3. The van der Waals surface area contributed by atoms with Crippen molar-refractivity contribution in [1.82, 2.24) is 24.7 Å². The first-order valence-electron chi connectivity index (χ1n) is 7.91. The van der Waals surface area contributed by atoms with Crippen LogP contribution in [0.1, 0.15) is 11.7 Å². The predicted molar refractivity (Wildman–Crippen MR) is 97.3 cm³/mol. The molecule has 0 spiro atoms. The topological polar surface area (TPSA) is 121 Å². The molecule has 0 aliphatic heterocycles. The van der Waals surface area contributed by atoms with Gasteiger partial charge in [0.2, 0.25) is 5.95 Å². The minimum Gasteiger partial charge on any atom is -0.394 e. The first-order chi connectivity index (χ1) is 12.7. The van der Waals surface area contributed by atoms with E-state index in [1.807, 2.05) is 6.07 Å². The molecule has 10 heteroatoms. The molecule has 1 atom stereocenters. The molecule has 3 heterocycles. The van der Waals surface area contributed by atoms with Crippen LogP contribution in [0, 0.1) is 0 Å². The molecule has 0 saturated heterocycles. The second-order valence-electron chi connectivity index (χ2n) is 5.36. The van der Waals surface area contributed by atoms with Gasteiger partial charge in [-0.25, -0.2) is 4.98 Å². The number of pyridine rings is 1. The number of aliphatic hydroxyl groups is 2. The summed E-state index contributed by atoms with van der Waals surface area (Å²) in [5, 5.41) is 29.1. The predicted octanol–water partition coefficient (Wildman–Crippen LogP) is 1.60. The molecule has 26 heavy (non-hydrogen) atoms. The van der Waals surface area contributed by atoms with E-state index in [1.54, 1.807) is 35.4 Å². The van der Waals surface area contributed by atoms with Crippen molar-refractivity contribution < 1.29 is 10.2 Å². The molecule has 136 valence electrons. The normalized spacial score (nSPS) is 12.0. The van der Waals surface area contributed by atoms with E-state index in [0.717, 1.165) is 0 Å². The molecule has 3 rings (SSSR count). The smallest absolute Gasteiger partial charge is 0.229 e. The average Bonchev–Trinajstić information content (AvgIpc) is 3.10. The highest BCUT2D eigenvalue weighted by Crippen LogP contribution is 2.25. The third-order valence-electron chi connectivity index (χ3n) is 3.50. The Kier molecular flexibility index (Phi) is 5.95. The molecule has 0 aromatic carbocycles. The van der Waals surface area contributed by atoms with Crippen LogP contribution in [0.25, 0.3) is 0 Å². The molecular formula is C16H18ClN7O2. The summed E-state index contributed by atoms with van der Waals surface area (Å²) in [6.45, 7) is 0.231. The Hall–Kier alpha value is -2.75. The Labute approximate surface area is 154 Å². The zero-order valence-electron chi connectivity index (χ0n) is 13.7. The molecule has 0 saturated carbocycles. The van der Waals surface area contributed by atoms with Crippen LogP contribution >= 0.6 is 11.6 Å². The molecule has 0 amide bonds. The van der Waals surface area contributed by atoms with E-state index in [4.69, 9.17) is 16.7 Å². The highest BCUT2D eigenvalue weighted by Gasteiger charge is 2.15. The average molecular weight is 376 g/mol. The van der Waals surface area contributed by atoms with E-state index in [0.29, 0.717) is 34.7 Å². The maximum absolute atomic E-state index is 9.65. The fourth-order valence-electron chi connectivity index (χ4n) is 2.27. The van der Waals surface area contributed by atoms with Crippen LogP contribution in [-0.4, -0.2) is 48.2 Å². The van der Waals surface area contributed by atoms with Crippen molar-refractivity contribution in [1.29, 1.82) is 0 Å². The van der Waals surface area contributed by atoms with Gasteiger partial charge in [0.25, 0.3) is 0 Å². The third-order valence-corrected chi connectivity index (χ3v) is 3.78. The monoisotopic (exact) mass is 375 g/mol. The van der Waals surface area contributed by atoms with Gasteiger partial charge in [0.1, 0.15) is 5.02 Å². The van der Waals surface area contributed by atoms with Crippen molar-refractivity contribution in [2.75, 3.05) is 23.8 Å². The Balaban J connectivity index is 1.76. The van der Waals surface area contributed by atoms with E-state index in [9.17, 15) is 5.11 Å². The third kappa shape index (κ3) is 4.45. The fourth-order valence-corrected chi connectivity index (χ4v) is 2.42. The molecule has 4 N–H and O–H groups in total. The summed E-state index contributed by atoms with van der Waals surface area (Å²) in [7, 11) is 0. The lowest BCUT2D eigenvalue weighted by molar-refractivity contribution is 0.269. The summed E-state index contributed by atoms with van der Waals surface area (Å²) in [5.41, 5.74) is 1.35. The van der Waals surface area contributed by atoms with Gasteiger partial charge in [0.15, 0.2) is 5.82 Å². The highest BCUT2D eigenvalue weighted by molar-refractivity contribution is 6.32. The molecule has 9 nitrogen and oxygen atoms in total. The van der Waals surface area contributed by atoms with E-state index in [2.05, 4.69) is 30.7 Å². The van der Waals surface area contributed by atoms with Gasteiger partial charge in [-0.15, -0.1) is 0 Å². The lowest BCUT2D eigenvalue weighted by Crippen LogP contribution is -2.17. The van der Waals surface area contributed by atoms with Crippen LogP contribution in [-0.2, 0) is 6.54 Å². The van der Waals surface area contributed by atoms with Crippen molar-refractivity contribution in [2.24, 2.45) is 0 Å². The number of nitrogens with one attached hydrogen (secondary N) is 2. The van der Waals surface area contributed by atoms with Gasteiger partial charge in [-0.1, -0.05) is 17.7 Å². The van der Waals surface area contributed by atoms with Crippen molar-refractivity contribution in [3.8, 4) is 0 Å². The van der Waals surface area contributed by atoms with Crippen LogP contribution < -0.4 is 10.6 Å². The molecule has 3 aromatic rings. The summed E-state index contributed by atoms with van der Waals surface area (Å²) >= 11 is 6.17. The van der Waals surface area contributed by atoms with Crippen molar-refractivity contribution in [2.45, 2.75) is 12.6 Å². The summed E-state index contributed by atoms with van der Waals surface area (Å²) < 4.78 is 1.60. The molecule has 0 bridgehead atoms. The number of hydrogen-bond donors (Lipinski definition) is 4. The lowest BCUT2D eigenvalue weighted by atomic mass is 10.2. The molecule has 3 aromatic heterocycles. The SMILES string of the molecule is OCCn1cc(Nc2ncc(Cl)c(NC(CO)c3ccccn3)n2)cn1. The Morgan fingerprint density at radius 1 is 1.19 bits per heavy atom. The van der Waals surface area contributed by atoms with E-state index < -0.39 is 6.04 Å². The van der Waals surface area contributed by atoms with E-state index >= 15 is 0 Å². The van der Waals surface area contributed by atoms with Crippen LogP contribution in [0.3, 0.4) is 0 Å². The number of halogens is 1. The van der Waals surface area contributed by atoms with Crippen molar-refractivity contribution in [3.05, 3.63) is 53.7 Å². The molecule has 0 radical (unpaired) electrons. The number of aliphatic hydroxyl groups excluding tert-OH is 2. The van der Waals surface area contributed by atoms with Gasteiger partial charge in [-0.05, 0) is 12.1 Å². The van der Waals surface area contributed by atoms with Crippen molar-refractivity contribution in [3.63, 3.8) is 0 Å². The standard InChI is InChI=1S/C16H18ClN7O2/c17-12-8-19-16(21-11-7-20-24(9-11)5-6-25)23-15(12)22-14(10-26)13-3-1-2-4-18-13/h1-4,7-9,14,25-26H,5-6,10H2,(H2,19,21,22,23). The quantitative estimate of drug-likeness (QED) is 0.468. The first kappa shape index (κ1) is 18.1. The van der Waals surface area contributed by atoms with Crippen LogP contribution in [0.15, 0.2) is 43.0 Å². The van der Waals surface area contributed by atoms with E-state index in [1.165, 1.54) is 6.20 Å². The molecule has 0 aliphatic rings. The van der Waals surface area contributed by atoms with Crippen LogP contribution in [0.5, 0.6) is 0 Å². The summed E-state index contributed by atoms with van der Waals surface area (Å²) in [5.74, 6) is 0.690. The Bertz CT molecular complexity index is 844. The Morgan fingerprint density at radius 3 is 2.81 bits per heavy atom. The summed E-state index contributed by atoms with van der Waals surface area (Å²) in [6.07, 6.45) is 6.44. The van der Waals surface area contributed by atoms with Crippen LogP contribution in [0.4, 0.5) is 17.5 Å². The fraction of sp³-hybridized carbons (Fsp3) is 0.250. The van der Waals surface area contributed by atoms with Gasteiger partial charge in [-0.2, -0.15) is 10.1 Å². The van der Waals surface area contributed by atoms with Gasteiger partial charge >= 0.3 is 0 Å². The maximum atomic E-state index is 9.65. The summed E-state index contributed by atoms with van der Waals surface area (Å²) in [4.78, 5) is 12.7.